The molecule has 10 aromatic rings. The van der Waals surface area contributed by atoms with Gasteiger partial charge in [0.15, 0.2) is 0 Å². The third-order valence-corrected chi connectivity index (χ3v) is 11.5. The number of nitrogens with zero attached hydrogens (tertiary/aromatic N) is 3. The average molecular weight is 664 g/mol. The van der Waals surface area contributed by atoms with Gasteiger partial charge in [0.25, 0.3) is 0 Å². The van der Waals surface area contributed by atoms with Crippen LogP contribution in [-0.2, 0) is 5.41 Å². The SMILES string of the molecule is CC1(C)c2cc(-c3cccc(-c4ccc5c(c4)c4ccccc4c4nccnc54)c3)ccc2-c2ccc(-n3c4ccccc4c4ccccc43)cc21. The molecule has 0 saturated heterocycles. The molecule has 0 amide bonds. The Kier molecular flexibility index (Phi) is 6.01. The summed E-state index contributed by atoms with van der Waals surface area (Å²) >= 11 is 0. The largest absolute Gasteiger partial charge is 0.309 e. The highest BCUT2D eigenvalue weighted by Crippen LogP contribution is 2.51. The Morgan fingerprint density at radius 2 is 0.923 bits per heavy atom. The van der Waals surface area contributed by atoms with Crippen molar-refractivity contribution in [3.8, 4) is 39.1 Å². The molecule has 1 aliphatic carbocycles. The van der Waals surface area contributed by atoms with Crippen LogP contribution in [0.25, 0.3) is 93.5 Å². The molecule has 0 saturated carbocycles. The van der Waals surface area contributed by atoms with E-state index >= 15 is 0 Å². The number of benzene rings is 8. The molecule has 2 aromatic heterocycles. The van der Waals surface area contributed by atoms with E-state index in [1.165, 1.54) is 82.8 Å². The van der Waals surface area contributed by atoms with E-state index in [1.54, 1.807) is 12.4 Å². The first-order valence-corrected chi connectivity index (χ1v) is 18.0. The van der Waals surface area contributed by atoms with Crippen LogP contribution in [0.5, 0.6) is 0 Å². The molecule has 52 heavy (non-hydrogen) atoms. The van der Waals surface area contributed by atoms with Crippen LogP contribution >= 0.6 is 0 Å². The first-order valence-electron chi connectivity index (χ1n) is 18.0. The summed E-state index contributed by atoms with van der Waals surface area (Å²) in [6.45, 7) is 4.75. The summed E-state index contributed by atoms with van der Waals surface area (Å²) in [5.41, 5.74) is 15.6. The first kappa shape index (κ1) is 29.2. The molecule has 0 fully saturated rings. The van der Waals surface area contributed by atoms with Gasteiger partial charge in [0.2, 0.25) is 0 Å². The first-order chi connectivity index (χ1) is 25.5. The third kappa shape index (κ3) is 4.08. The van der Waals surface area contributed by atoms with Crippen molar-refractivity contribution in [1.29, 1.82) is 0 Å². The summed E-state index contributed by atoms with van der Waals surface area (Å²) in [5, 5.41) is 7.23. The summed E-state index contributed by atoms with van der Waals surface area (Å²) in [4.78, 5) is 9.46. The van der Waals surface area contributed by atoms with Crippen molar-refractivity contribution in [3.05, 3.63) is 175 Å². The Morgan fingerprint density at radius 1 is 0.404 bits per heavy atom. The standard InChI is InChI=1S/C49H33N3/c1-49(2)43-28-33(18-21-36(43)37-23-20-34(29-44(37)49)52-45-16-7-5-13-38(45)39-14-6-8-17-46(39)52)31-11-9-10-30(26-31)32-19-22-41-42(27-32)35-12-3-4-15-40(35)47-48(41)51-25-24-50-47/h3-29H,1-2H3. The molecule has 1 aliphatic rings. The third-order valence-electron chi connectivity index (χ3n) is 11.5. The van der Waals surface area contributed by atoms with Gasteiger partial charge >= 0.3 is 0 Å². The topological polar surface area (TPSA) is 30.7 Å². The number of aromatic nitrogens is 3. The van der Waals surface area contributed by atoms with Gasteiger partial charge in [-0.3, -0.25) is 9.97 Å². The fourth-order valence-corrected chi connectivity index (χ4v) is 8.93. The van der Waals surface area contributed by atoms with Gasteiger partial charge in [-0.05, 0) is 97.7 Å². The summed E-state index contributed by atoms with van der Waals surface area (Å²) in [7, 11) is 0. The minimum Gasteiger partial charge on any atom is -0.309 e. The molecule has 0 N–H and O–H groups in total. The molecule has 0 aliphatic heterocycles. The lowest BCUT2D eigenvalue weighted by atomic mass is 9.81. The maximum Gasteiger partial charge on any atom is 0.0971 e. The molecule has 3 nitrogen and oxygen atoms in total. The zero-order valence-corrected chi connectivity index (χ0v) is 28.9. The Hall–Kier alpha value is -6.58. The van der Waals surface area contributed by atoms with Crippen LogP contribution in [0.3, 0.4) is 0 Å². The van der Waals surface area contributed by atoms with Gasteiger partial charge in [0.05, 0.1) is 22.1 Å². The highest BCUT2D eigenvalue weighted by Gasteiger charge is 2.36. The van der Waals surface area contributed by atoms with Crippen LogP contribution in [0.1, 0.15) is 25.0 Å². The molecule has 3 heteroatoms. The van der Waals surface area contributed by atoms with Crippen molar-refractivity contribution in [2.45, 2.75) is 19.3 Å². The highest BCUT2D eigenvalue weighted by atomic mass is 15.0. The molecular formula is C49H33N3. The van der Waals surface area contributed by atoms with Gasteiger partial charge in [-0.15, -0.1) is 0 Å². The van der Waals surface area contributed by atoms with Crippen LogP contribution in [0.15, 0.2) is 164 Å². The van der Waals surface area contributed by atoms with E-state index in [0.29, 0.717) is 0 Å². The minimum atomic E-state index is -0.155. The van der Waals surface area contributed by atoms with Gasteiger partial charge in [-0.2, -0.15) is 0 Å². The van der Waals surface area contributed by atoms with E-state index < -0.39 is 0 Å². The maximum absolute atomic E-state index is 4.75. The van der Waals surface area contributed by atoms with Crippen LogP contribution in [-0.4, -0.2) is 14.5 Å². The van der Waals surface area contributed by atoms with Crippen LogP contribution in [0.2, 0.25) is 0 Å². The van der Waals surface area contributed by atoms with E-state index in [2.05, 4.69) is 170 Å². The molecular weight excluding hydrogens is 631 g/mol. The van der Waals surface area contributed by atoms with Crippen molar-refractivity contribution in [3.63, 3.8) is 0 Å². The Morgan fingerprint density at radius 3 is 1.62 bits per heavy atom. The lowest BCUT2D eigenvalue weighted by molar-refractivity contribution is 0.660. The predicted molar refractivity (Wildman–Crippen MR) is 217 cm³/mol. The quantitative estimate of drug-likeness (QED) is 0.176. The molecule has 8 aromatic carbocycles. The van der Waals surface area contributed by atoms with Crippen molar-refractivity contribution >= 4 is 54.4 Å². The number of hydrogen-bond donors (Lipinski definition) is 0. The molecule has 2 heterocycles. The van der Waals surface area contributed by atoms with E-state index in [0.717, 1.165) is 21.8 Å². The normalized spacial score (nSPS) is 13.3. The summed E-state index contributed by atoms with van der Waals surface area (Å²) in [6, 6.07) is 55.9. The van der Waals surface area contributed by atoms with Crippen LogP contribution in [0.4, 0.5) is 0 Å². The average Bonchev–Trinajstić information content (AvgIpc) is 3.66. The second-order valence-corrected chi connectivity index (χ2v) is 14.6. The lowest BCUT2D eigenvalue weighted by Crippen LogP contribution is -2.15. The maximum atomic E-state index is 4.75. The van der Waals surface area contributed by atoms with Gasteiger partial charge in [-0.1, -0.05) is 123 Å². The Labute approximate surface area is 301 Å². The van der Waals surface area contributed by atoms with Gasteiger partial charge in [-0.25, -0.2) is 0 Å². The van der Waals surface area contributed by atoms with E-state index in [9.17, 15) is 0 Å². The predicted octanol–water partition coefficient (Wildman–Crippen LogP) is 12.7. The monoisotopic (exact) mass is 663 g/mol. The van der Waals surface area contributed by atoms with Crippen molar-refractivity contribution < 1.29 is 0 Å². The fraction of sp³-hybridized carbons (Fsp3) is 0.0612. The van der Waals surface area contributed by atoms with E-state index in [4.69, 9.17) is 9.97 Å². The summed E-state index contributed by atoms with van der Waals surface area (Å²) in [5.74, 6) is 0. The molecule has 0 spiro atoms. The van der Waals surface area contributed by atoms with Crippen LogP contribution in [0, 0.1) is 0 Å². The molecule has 0 atom stereocenters. The highest BCUT2D eigenvalue weighted by molar-refractivity contribution is 6.23. The van der Waals surface area contributed by atoms with Gasteiger partial charge in [0, 0.05) is 45.0 Å². The van der Waals surface area contributed by atoms with Crippen molar-refractivity contribution in [1.82, 2.24) is 14.5 Å². The van der Waals surface area contributed by atoms with Gasteiger partial charge in [0.1, 0.15) is 0 Å². The Balaban J connectivity index is 1.000. The number of hydrogen-bond acceptors (Lipinski definition) is 2. The molecule has 244 valence electrons. The number of fused-ring (bicyclic) bond motifs is 12. The number of rotatable bonds is 3. The van der Waals surface area contributed by atoms with Crippen molar-refractivity contribution in [2.75, 3.05) is 0 Å². The summed E-state index contributed by atoms with van der Waals surface area (Å²) in [6.07, 6.45) is 3.57. The van der Waals surface area contributed by atoms with Crippen molar-refractivity contribution in [2.24, 2.45) is 0 Å². The molecule has 0 radical (unpaired) electrons. The second kappa shape index (κ2) is 10.7. The molecule has 0 bridgehead atoms. The van der Waals surface area contributed by atoms with Crippen LogP contribution < -0.4 is 0 Å². The fourth-order valence-electron chi connectivity index (χ4n) is 8.93. The number of para-hydroxylation sites is 2. The van der Waals surface area contributed by atoms with E-state index in [1.807, 2.05) is 0 Å². The zero-order chi connectivity index (χ0) is 34.6. The smallest absolute Gasteiger partial charge is 0.0971 e. The van der Waals surface area contributed by atoms with Gasteiger partial charge < -0.3 is 4.57 Å². The molecule has 0 unspecified atom stereocenters. The lowest BCUT2D eigenvalue weighted by Gasteiger charge is -2.23. The second-order valence-electron chi connectivity index (χ2n) is 14.6. The zero-order valence-electron chi connectivity index (χ0n) is 28.9. The van der Waals surface area contributed by atoms with E-state index in [-0.39, 0.29) is 5.41 Å². The molecule has 11 rings (SSSR count). The summed E-state index contributed by atoms with van der Waals surface area (Å²) < 4.78 is 2.42. The minimum absolute atomic E-state index is 0.155. The Bertz CT molecular complexity index is 3020.